The molecule has 3 rings (SSSR count). The number of rotatable bonds is 3. The molecular formula is C14H13N3O4. The van der Waals surface area contributed by atoms with Crippen LogP contribution in [0.4, 0.5) is 5.69 Å². The van der Waals surface area contributed by atoms with Gasteiger partial charge in [-0.1, -0.05) is 5.16 Å². The summed E-state index contributed by atoms with van der Waals surface area (Å²) in [5.41, 5.74) is 2.22. The molecule has 0 aliphatic carbocycles. The van der Waals surface area contributed by atoms with Crippen molar-refractivity contribution in [3.05, 3.63) is 46.3 Å². The van der Waals surface area contributed by atoms with E-state index in [1.54, 1.807) is 38.2 Å². The smallest absolute Gasteiger partial charge is 0.408 e. The van der Waals surface area contributed by atoms with Gasteiger partial charge in [-0.05, 0) is 19.1 Å². The number of anilines is 1. The van der Waals surface area contributed by atoms with Gasteiger partial charge in [0.1, 0.15) is 5.76 Å². The first-order valence-corrected chi connectivity index (χ1v) is 6.34. The van der Waals surface area contributed by atoms with Gasteiger partial charge in [-0.15, -0.1) is 0 Å². The van der Waals surface area contributed by atoms with Gasteiger partial charge < -0.3 is 14.3 Å². The number of oxazole rings is 1. The van der Waals surface area contributed by atoms with Gasteiger partial charge in [0, 0.05) is 24.9 Å². The Bertz CT molecular complexity index is 872. The van der Waals surface area contributed by atoms with Crippen LogP contribution in [0.2, 0.25) is 0 Å². The molecule has 0 bridgehead atoms. The number of carbonyl (C=O) groups is 1. The number of nitrogens with one attached hydrogen (secondary N) is 1. The zero-order chi connectivity index (χ0) is 15.0. The van der Waals surface area contributed by atoms with Crippen LogP contribution < -0.4 is 11.1 Å². The number of aryl methyl sites for hydroxylation is 2. The molecule has 21 heavy (non-hydrogen) atoms. The van der Waals surface area contributed by atoms with E-state index in [2.05, 4.69) is 10.5 Å². The lowest BCUT2D eigenvalue weighted by Crippen LogP contribution is -2.14. The Morgan fingerprint density at radius 1 is 1.38 bits per heavy atom. The second-order valence-corrected chi connectivity index (χ2v) is 4.76. The maximum absolute atomic E-state index is 11.9. The quantitative estimate of drug-likeness (QED) is 0.790. The normalized spacial score (nSPS) is 11.0. The number of benzene rings is 1. The minimum atomic E-state index is -0.438. The van der Waals surface area contributed by atoms with Gasteiger partial charge in [0.15, 0.2) is 5.58 Å². The van der Waals surface area contributed by atoms with E-state index in [0.717, 1.165) is 0 Å². The fraction of sp³-hybridized carbons (Fsp3) is 0.214. The van der Waals surface area contributed by atoms with Crippen molar-refractivity contribution in [3.8, 4) is 0 Å². The molecular weight excluding hydrogens is 274 g/mol. The SMILES string of the molecule is Cc1cc(CC(=O)Nc2ccc3c(c2)oc(=O)n3C)no1. The van der Waals surface area contributed by atoms with E-state index in [-0.39, 0.29) is 12.3 Å². The summed E-state index contributed by atoms with van der Waals surface area (Å²) in [5.74, 6) is -0.00208. The predicted molar refractivity (Wildman–Crippen MR) is 75.0 cm³/mol. The molecule has 3 aromatic rings. The van der Waals surface area contributed by atoms with Gasteiger partial charge in [0.25, 0.3) is 0 Å². The van der Waals surface area contributed by atoms with Crippen LogP contribution in [0.3, 0.4) is 0 Å². The Morgan fingerprint density at radius 3 is 2.90 bits per heavy atom. The Kier molecular flexibility index (Phi) is 3.09. The maximum atomic E-state index is 11.9. The average molecular weight is 287 g/mol. The molecule has 0 saturated heterocycles. The fourth-order valence-electron chi connectivity index (χ4n) is 2.08. The van der Waals surface area contributed by atoms with Crippen LogP contribution >= 0.6 is 0 Å². The monoisotopic (exact) mass is 287 g/mol. The minimum absolute atomic E-state index is 0.119. The largest absolute Gasteiger partial charge is 0.419 e. The lowest BCUT2D eigenvalue weighted by molar-refractivity contribution is -0.115. The first-order chi connectivity index (χ1) is 10.0. The average Bonchev–Trinajstić information content (AvgIpc) is 2.94. The zero-order valence-corrected chi connectivity index (χ0v) is 11.5. The Balaban J connectivity index is 1.78. The van der Waals surface area contributed by atoms with E-state index in [1.165, 1.54) is 4.57 Å². The van der Waals surface area contributed by atoms with Crippen molar-refractivity contribution in [3.63, 3.8) is 0 Å². The van der Waals surface area contributed by atoms with Crippen molar-refractivity contribution in [2.75, 3.05) is 5.32 Å². The van der Waals surface area contributed by atoms with Crippen molar-refractivity contribution in [2.24, 2.45) is 7.05 Å². The molecule has 108 valence electrons. The van der Waals surface area contributed by atoms with Gasteiger partial charge in [0.05, 0.1) is 17.6 Å². The highest BCUT2D eigenvalue weighted by Gasteiger charge is 2.10. The van der Waals surface area contributed by atoms with E-state index < -0.39 is 5.76 Å². The van der Waals surface area contributed by atoms with Crippen LogP contribution in [0.25, 0.3) is 11.1 Å². The van der Waals surface area contributed by atoms with Crippen LogP contribution in [0.5, 0.6) is 0 Å². The molecule has 0 radical (unpaired) electrons. The summed E-state index contributed by atoms with van der Waals surface area (Å²) in [6, 6.07) is 6.75. The highest BCUT2D eigenvalue weighted by molar-refractivity contribution is 5.93. The second kappa shape index (κ2) is 4.93. The predicted octanol–water partition coefficient (Wildman–Crippen LogP) is 1.61. The molecule has 0 aliphatic rings. The first kappa shape index (κ1) is 13.2. The second-order valence-electron chi connectivity index (χ2n) is 4.76. The molecule has 0 atom stereocenters. The molecule has 7 heteroatoms. The number of fused-ring (bicyclic) bond motifs is 1. The summed E-state index contributed by atoms with van der Waals surface area (Å²) >= 11 is 0. The number of hydrogen-bond acceptors (Lipinski definition) is 5. The summed E-state index contributed by atoms with van der Waals surface area (Å²) in [6.07, 6.45) is 0.119. The molecule has 7 nitrogen and oxygen atoms in total. The Morgan fingerprint density at radius 2 is 2.19 bits per heavy atom. The van der Waals surface area contributed by atoms with Crippen molar-refractivity contribution >= 4 is 22.7 Å². The molecule has 1 amide bonds. The van der Waals surface area contributed by atoms with Crippen LogP contribution in [0.15, 0.2) is 38.0 Å². The number of carbonyl (C=O) groups excluding carboxylic acids is 1. The molecule has 1 N–H and O–H groups in total. The molecule has 0 spiro atoms. The van der Waals surface area contributed by atoms with Crippen LogP contribution in [0, 0.1) is 6.92 Å². The van der Waals surface area contributed by atoms with Crippen LogP contribution in [-0.2, 0) is 18.3 Å². The third-order valence-electron chi connectivity index (χ3n) is 3.09. The summed E-state index contributed by atoms with van der Waals surface area (Å²) in [6.45, 7) is 1.76. The summed E-state index contributed by atoms with van der Waals surface area (Å²) in [7, 11) is 1.62. The molecule has 0 unspecified atom stereocenters. The standard InChI is InChI=1S/C14H13N3O4/c1-8-5-10(16-21-8)7-13(18)15-9-3-4-11-12(6-9)20-14(19)17(11)2/h3-6H,7H2,1-2H3,(H,15,18). The Labute approximate surface area is 119 Å². The van der Waals surface area contributed by atoms with Gasteiger partial charge in [0.2, 0.25) is 5.91 Å². The van der Waals surface area contributed by atoms with Gasteiger partial charge >= 0.3 is 5.76 Å². The first-order valence-electron chi connectivity index (χ1n) is 6.34. The van der Waals surface area contributed by atoms with Crippen molar-refractivity contribution in [2.45, 2.75) is 13.3 Å². The number of nitrogens with zero attached hydrogens (tertiary/aromatic N) is 2. The topological polar surface area (TPSA) is 90.3 Å². The summed E-state index contributed by atoms with van der Waals surface area (Å²) in [4.78, 5) is 23.3. The van der Waals surface area contributed by atoms with Gasteiger partial charge in [-0.3, -0.25) is 9.36 Å². The molecule has 0 saturated carbocycles. The maximum Gasteiger partial charge on any atom is 0.419 e. The summed E-state index contributed by atoms with van der Waals surface area (Å²) in [5, 5.41) is 6.49. The van der Waals surface area contributed by atoms with Crippen LogP contribution in [-0.4, -0.2) is 15.6 Å². The highest BCUT2D eigenvalue weighted by Crippen LogP contribution is 2.18. The highest BCUT2D eigenvalue weighted by atomic mass is 16.5. The van der Waals surface area contributed by atoms with E-state index in [1.807, 2.05) is 0 Å². The van der Waals surface area contributed by atoms with E-state index in [9.17, 15) is 9.59 Å². The number of aromatic nitrogens is 2. The zero-order valence-electron chi connectivity index (χ0n) is 11.5. The number of hydrogen-bond donors (Lipinski definition) is 1. The van der Waals surface area contributed by atoms with Crippen molar-refractivity contribution < 1.29 is 13.7 Å². The van der Waals surface area contributed by atoms with E-state index in [4.69, 9.17) is 8.94 Å². The lowest BCUT2D eigenvalue weighted by Gasteiger charge is -2.03. The number of amides is 1. The Hall–Kier alpha value is -2.83. The van der Waals surface area contributed by atoms with Gasteiger partial charge in [-0.2, -0.15) is 0 Å². The van der Waals surface area contributed by atoms with E-state index in [0.29, 0.717) is 28.2 Å². The molecule has 2 heterocycles. The lowest BCUT2D eigenvalue weighted by atomic mass is 10.2. The minimum Gasteiger partial charge on any atom is -0.408 e. The third kappa shape index (κ3) is 2.58. The van der Waals surface area contributed by atoms with Crippen molar-refractivity contribution in [1.82, 2.24) is 9.72 Å². The fourth-order valence-corrected chi connectivity index (χ4v) is 2.08. The molecule has 0 aliphatic heterocycles. The molecule has 1 aromatic carbocycles. The third-order valence-corrected chi connectivity index (χ3v) is 3.09. The van der Waals surface area contributed by atoms with Crippen molar-refractivity contribution in [1.29, 1.82) is 0 Å². The van der Waals surface area contributed by atoms with E-state index >= 15 is 0 Å². The molecule has 2 aromatic heterocycles. The van der Waals surface area contributed by atoms with Gasteiger partial charge in [-0.25, -0.2) is 4.79 Å². The molecule has 0 fully saturated rings. The van der Waals surface area contributed by atoms with Crippen LogP contribution in [0.1, 0.15) is 11.5 Å². The summed E-state index contributed by atoms with van der Waals surface area (Å²) < 4.78 is 11.4.